The summed E-state index contributed by atoms with van der Waals surface area (Å²) in [5.74, 6) is -0.639. The maximum Gasteiger partial charge on any atom is 0.309 e. The zero-order valence-electron chi connectivity index (χ0n) is 10.9. The molecule has 0 spiro atoms. The summed E-state index contributed by atoms with van der Waals surface area (Å²) >= 11 is 0. The lowest BCUT2D eigenvalue weighted by Gasteiger charge is -2.28. The second-order valence-corrected chi connectivity index (χ2v) is 4.34. The van der Waals surface area contributed by atoms with E-state index in [4.69, 9.17) is 4.74 Å². The first kappa shape index (κ1) is 15.4. The molecule has 0 aromatic rings. The van der Waals surface area contributed by atoms with Crippen molar-refractivity contribution in [3.05, 3.63) is 0 Å². The maximum atomic E-state index is 11.4. The standard InChI is InChI=1S/C13H26O3/c1-4-7-9-13(5-2,12(14)15)10-8-11-16-6-3/h4-11H2,1-3H3,(H,14,15). The molecule has 0 rings (SSSR count). The largest absolute Gasteiger partial charge is 0.481 e. The molecule has 0 aliphatic rings. The van der Waals surface area contributed by atoms with Crippen molar-refractivity contribution in [2.45, 2.75) is 59.3 Å². The molecule has 0 aromatic heterocycles. The molecule has 0 aliphatic heterocycles. The summed E-state index contributed by atoms with van der Waals surface area (Å²) in [5.41, 5.74) is -0.521. The molecular formula is C13H26O3. The van der Waals surface area contributed by atoms with Gasteiger partial charge in [0.05, 0.1) is 5.41 Å². The molecule has 0 radical (unpaired) electrons. The summed E-state index contributed by atoms with van der Waals surface area (Å²) in [6, 6.07) is 0. The molecule has 0 heterocycles. The lowest BCUT2D eigenvalue weighted by atomic mass is 9.76. The van der Waals surface area contributed by atoms with Gasteiger partial charge in [-0.2, -0.15) is 0 Å². The monoisotopic (exact) mass is 230 g/mol. The van der Waals surface area contributed by atoms with Gasteiger partial charge in [0.25, 0.3) is 0 Å². The number of carboxylic acids is 1. The van der Waals surface area contributed by atoms with Crippen LogP contribution < -0.4 is 0 Å². The van der Waals surface area contributed by atoms with Crippen LogP contribution in [-0.4, -0.2) is 24.3 Å². The lowest BCUT2D eigenvalue weighted by molar-refractivity contribution is -0.150. The van der Waals surface area contributed by atoms with Gasteiger partial charge in [0, 0.05) is 13.2 Å². The van der Waals surface area contributed by atoms with E-state index in [9.17, 15) is 9.90 Å². The molecule has 0 bridgehead atoms. The van der Waals surface area contributed by atoms with E-state index in [-0.39, 0.29) is 0 Å². The zero-order valence-corrected chi connectivity index (χ0v) is 10.9. The Hall–Kier alpha value is -0.570. The predicted molar refractivity (Wildman–Crippen MR) is 65.6 cm³/mol. The van der Waals surface area contributed by atoms with Crippen LogP contribution in [0.25, 0.3) is 0 Å². The van der Waals surface area contributed by atoms with Crippen LogP contribution >= 0.6 is 0 Å². The van der Waals surface area contributed by atoms with E-state index in [1.54, 1.807) is 0 Å². The highest BCUT2D eigenvalue weighted by Gasteiger charge is 2.35. The molecule has 0 saturated carbocycles. The highest BCUT2D eigenvalue weighted by atomic mass is 16.5. The van der Waals surface area contributed by atoms with E-state index in [1.165, 1.54) is 0 Å². The first-order valence-corrected chi connectivity index (χ1v) is 6.44. The highest BCUT2D eigenvalue weighted by molar-refractivity contribution is 5.74. The van der Waals surface area contributed by atoms with Gasteiger partial charge in [0.15, 0.2) is 0 Å². The molecule has 0 saturated heterocycles. The smallest absolute Gasteiger partial charge is 0.309 e. The molecule has 1 atom stereocenters. The summed E-state index contributed by atoms with van der Waals surface area (Å²) in [7, 11) is 0. The molecule has 0 aromatic carbocycles. The van der Waals surface area contributed by atoms with Crippen molar-refractivity contribution < 1.29 is 14.6 Å². The highest BCUT2D eigenvalue weighted by Crippen LogP contribution is 2.34. The molecule has 1 N–H and O–H groups in total. The van der Waals surface area contributed by atoms with E-state index in [1.807, 2.05) is 13.8 Å². The fourth-order valence-electron chi connectivity index (χ4n) is 2.02. The van der Waals surface area contributed by atoms with Crippen molar-refractivity contribution in [2.24, 2.45) is 5.41 Å². The fraction of sp³-hybridized carbons (Fsp3) is 0.923. The second-order valence-electron chi connectivity index (χ2n) is 4.34. The Balaban J connectivity index is 4.22. The van der Waals surface area contributed by atoms with Crippen LogP contribution in [-0.2, 0) is 9.53 Å². The molecule has 96 valence electrons. The van der Waals surface area contributed by atoms with Gasteiger partial charge in [-0.1, -0.05) is 26.7 Å². The lowest BCUT2D eigenvalue weighted by Crippen LogP contribution is -2.30. The first-order valence-electron chi connectivity index (χ1n) is 6.44. The topological polar surface area (TPSA) is 46.5 Å². The van der Waals surface area contributed by atoms with Crippen molar-refractivity contribution in [3.8, 4) is 0 Å². The molecular weight excluding hydrogens is 204 g/mol. The minimum absolute atomic E-state index is 0.521. The normalized spacial score (nSPS) is 14.7. The fourth-order valence-corrected chi connectivity index (χ4v) is 2.02. The quantitative estimate of drug-likeness (QED) is 0.584. The molecule has 16 heavy (non-hydrogen) atoms. The summed E-state index contributed by atoms with van der Waals surface area (Å²) in [6.45, 7) is 7.42. The van der Waals surface area contributed by atoms with Crippen molar-refractivity contribution in [2.75, 3.05) is 13.2 Å². The number of carbonyl (C=O) groups is 1. The molecule has 3 heteroatoms. The Morgan fingerprint density at radius 3 is 2.25 bits per heavy atom. The van der Waals surface area contributed by atoms with Gasteiger partial charge in [-0.3, -0.25) is 4.79 Å². The Bertz CT molecular complexity index is 192. The van der Waals surface area contributed by atoms with Crippen LogP contribution in [0.1, 0.15) is 59.3 Å². The minimum atomic E-state index is -0.639. The molecule has 0 amide bonds. The summed E-state index contributed by atoms with van der Waals surface area (Å²) in [5, 5.41) is 9.37. The third-order valence-electron chi connectivity index (χ3n) is 3.29. The molecule has 3 nitrogen and oxygen atoms in total. The van der Waals surface area contributed by atoms with Crippen molar-refractivity contribution in [1.82, 2.24) is 0 Å². The van der Waals surface area contributed by atoms with Crippen LogP contribution in [0.3, 0.4) is 0 Å². The van der Waals surface area contributed by atoms with Crippen LogP contribution in [0.15, 0.2) is 0 Å². The molecule has 1 unspecified atom stereocenters. The van der Waals surface area contributed by atoms with Gasteiger partial charge in [-0.25, -0.2) is 0 Å². The molecule has 0 fully saturated rings. The number of carboxylic acid groups (broad SMARTS) is 1. The van der Waals surface area contributed by atoms with Crippen LogP contribution in [0.5, 0.6) is 0 Å². The Kier molecular flexibility index (Phi) is 8.26. The maximum absolute atomic E-state index is 11.4. The van der Waals surface area contributed by atoms with Gasteiger partial charge in [-0.15, -0.1) is 0 Å². The summed E-state index contributed by atoms with van der Waals surface area (Å²) in [4.78, 5) is 11.4. The van der Waals surface area contributed by atoms with E-state index < -0.39 is 11.4 Å². The van der Waals surface area contributed by atoms with E-state index in [2.05, 4.69) is 6.92 Å². The Morgan fingerprint density at radius 1 is 1.19 bits per heavy atom. The van der Waals surface area contributed by atoms with Crippen LogP contribution in [0, 0.1) is 5.41 Å². The van der Waals surface area contributed by atoms with E-state index in [0.29, 0.717) is 19.6 Å². The van der Waals surface area contributed by atoms with Gasteiger partial charge in [0.1, 0.15) is 0 Å². The average Bonchev–Trinajstić information content (AvgIpc) is 2.28. The summed E-state index contributed by atoms with van der Waals surface area (Å²) < 4.78 is 5.26. The van der Waals surface area contributed by atoms with Gasteiger partial charge in [-0.05, 0) is 32.6 Å². The second kappa shape index (κ2) is 8.57. The minimum Gasteiger partial charge on any atom is -0.481 e. The number of hydrogen-bond donors (Lipinski definition) is 1. The number of hydrogen-bond acceptors (Lipinski definition) is 2. The van der Waals surface area contributed by atoms with Crippen LogP contribution in [0.2, 0.25) is 0 Å². The number of aliphatic carboxylic acids is 1. The zero-order chi connectivity index (χ0) is 12.4. The Morgan fingerprint density at radius 2 is 1.81 bits per heavy atom. The van der Waals surface area contributed by atoms with Gasteiger partial charge < -0.3 is 9.84 Å². The third kappa shape index (κ3) is 4.97. The Labute approximate surface area is 99.2 Å². The SMILES string of the molecule is CCCCC(CC)(CCCOCC)C(=O)O. The first-order chi connectivity index (χ1) is 7.63. The third-order valence-corrected chi connectivity index (χ3v) is 3.29. The van der Waals surface area contributed by atoms with Crippen LogP contribution in [0.4, 0.5) is 0 Å². The number of ether oxygens (including phenoxy) is 1. The number of rotatable bonds is 10. The molecule has 0 aliphatic carbocycles. The van der Waals surface area contributed by atoms with Gasteiger partial charge >= 0.3 is 5.97 Å². The summed E-state index contributed by atoms with van der Waals surface area (Å²) in [6.07, 6.45) is 5.14. The average molecular weight is 230 g/mol. The van der Waals surface area contributed by atoms with E-state index in [0.717, 1.165) is 32.1 Å². The van der Waals surface area contributed by atoms with Crippen molar-refractivity contribution in [3.63, 3.8) is 0 Å². The van der Waals surface area contributed by atoms with Crippen molar-refractivity contribution >= 4 is 5.97 Å². The van der Waals surface area contributed by atoms with E-state index >= 15 is 0 Å². The van der Waals surface area contributed by atoms with Crippen molar-refractivity contribution in [1.29, 1.82) is 0 Å². The van der Waals surface area contributed by atoms with Gasteiger partial charge in [0.2, 0.25) is 0 Å². The predicted octanol–water partition coefficient (Wildman–Crippen LogP) is 3.47. The number of unbranched alkanes of at least 4 members (excludes halogenated alkanes) is 1.